The zero-order valence-electron chi connectivity index (χ0n) is 11.2. The number of amides is 1. The van der Waals surface area contributed by atoms with E-state index in [1.165, 1.54) is 0 Å². The molecule has 0 heterocycles. The summed E-state index contributed by atoms with van der Waals surface area (Å²) >= 11 is 0. The summed E-state index contributed by atoms with van der Waals surface area (Å²) in [6.07, 6.45) is 1.47. The van der Waals surface area contributed by atoms with Crippen LogP contribution in [0, 0.1) is 0 Å². The predicted molar refractivity (Wildman–Crippen MR) is 66.3 cm³/mol. The molecule has 0 aromatic heterocycles. The first-order chi connectivity index (χ1) is 7.28. The van der Waals surface area contributed by atoms with Crippen molar-refractivity contribution in [2.75, 3.05) is 13.2 Å². The maximum atomic E-state index is 11.7. The molecule has 0 spiro atoms. The summed E-state index contributed by atoms with van der Waals surface area (Å²) in [5.74, 6) is -0.0623. The molecule has 0 atom stereocenters. The Morgan fingerprint density at radius 1 is 1.19 bits per heavy atom. The molecular weight excluding hydrogens is 204 g/mol. The molecule has 0 aliphatic rings. The van der Waals surface area contributed by atoms with Crippen LogP contribution in [0.2, 0.25) is 0 Å². The molecule has 3 N–H and O–H groups in total. The van der Waals surface area contributed by atoms with Crippen LogP contribution in [0.4, 0.5) is 0 Å². The topological polar surface area (TPSA) is 61.4 Å². The van der Waals surface area contributed by atoms with E-state index in [2.05, 4.69) is 10.6 Å². The first kappa shape index (κ1) is 15.4. The molecule has 1 amide bonds. The number of nitrogens with one attached hydrogen (secondary N) is 2. The minimum atomic E-state index is -0.462. The van der Waals surface area contributed by atoms with Crippen LogP contribution in [0.5, 0.6) is 0 Å². The second-order valence-electron chi connectivity index (χ2n) is 5.30. The summed E-state index contributed by atoms with van der Waals surface area (Å²) in [7, 11) is 0. The van der Waals surface area contributed by atoms with E-state index < -0.39 is 5.54 Å². The standard InChI is InChI=1S/C12H26N2O2/c1-6-12(7-2,9-15)14-10(16)8-13-11(3,4)5/h13,15H,6-9H2,1-5H3,(H,14,16). The van der Waals surface area contributed by atoms with Gasteiger partial charge in [-0.05, 0) is 33.6 Å². The lowest BCUT2D eigenvalue weighted by molar-refractivity contribution is -0.123. The molecule has 0 rings (SSSR count). The molecule has 0 bridgehead atoms. The summed E-state index contributed by atoms with van der Waals surface area (Å²) in [6, 6.07) is 0. The predicted octanol–water partition coefficient (Wildman–Crippen LogP) is 1.04. The fraction of sp³-hybridized carbons (Fsp3) is 0.917. The van der Waals surface area contributed by atoms with Crippen LogP contribution in [-0.2, 0) is 4.79 Å². The molecule has 0 fully saturated rings. The van der Waals surface area contributed by atoms with Crippen LogP contribution in [0.1, 0.15) is 47.5 Å². The molecule has 0 saturated carbocycles. The van der Waals surface area contributed by atoms with E-state index in [1.807, 2.05) is 34.6 Å². The summed E-state index contributed by atoms with van der Waals surface area (Å²) < 4.78 is 0. The third-order valence-electron chi connectivity index (χ3n) is 2.84. The third-order valence-corrected chi connectivity index (χ3v) is 2.84. The molecule has 0 aromatic rings. The Balaban J connectivity index is 4.21. The number of aliphatic hydroxyl groups is 1. The lowest BCUT2D eigenvalue weighted by atomic mass is 9.94. The third kappa shape index (κ3) is 5.47. The molecule has 0 saturated heterocycles. The molecule has 0 aliphatic heterocycles. The number of hydrogen-bond donors (Lipinski definition) is 3. The molecule has 96 valence electrons. The van der Waals surface area contributed by atoms with Gasteiger partial charge in [0.05, 0.1) is 18.7 Å². The first-order valence-corrected chi connectivity index (χ1v) is 5.95. The van der Waals surface area contributed by atoms with E-state index in [0.29, 0.717) is 0 Å². The lowest BCUT2D eigenvalue weighted by Crippen LogP contribution is -2.54. The second-order valence-corrected chi connectivity index (χ2v) is 5.30. The maximum absolute atomic E-state index is 11.7. The van der Waals surface area contributed by atoms with Crippen LogP contribution in [0.15, 0.2) is 0 Å². The average molecular weight is 230 g/mol. The Labute approximate surface area is 98.8 Å². The van der Waals surface area contributed by atoms with Crippen LogP contribution in [0.3, 0.4) is 0 Å². The lowest BCUT2D eigenvalue weighted by Gasteiger charge is -2.31. The van der Waals surface area contributed by atoms with Gasteiger partial charge in [-0.15, -0.1) is 0 Å². The van der Waals surface area contributed by atoms with Crippen molar-refractivity contribution >= 4 is 5.91 Å². The average Bonchev–Trinajstić information content (AvgIpc) is 2.22. The molecule has 16 heavy (non-hydrogen) atoms. The Bertz CT molecular complexity index is 209. The van der Waals surface area contributed by atoms with Crippen molar-refractivity contribution in [3.63, 3.8) is 0 Å². The van der Waals surface area contributed by atoms with Crippen molar-refractivity contribution in [3.8, 4) is 0 Å². The quantitative estimate of drug-likeness (QED) is 0.639. The minimum Gasteiger partial charge on any atom is -0.394 e. The summed E-state index contributed by atoms with van der Waals surface area (Å²) in [5.41, 5.74) is -0.533. The Morgan fingerprint density at radius 2 is 1.69 bits per heavy atom. The van der Waals surface area contributed by atoms with Crippen LogP contribution in [-0.4, -0.2) is 35.2 Å². The van der Waals surface area contributed by atoms with E-state index in [0.717, 1.165) is 12.8 Å². The van der Waals surface area contributed by atoms with Crippen LogP contribution < -0.4 is 10.6 Å². The van der Waals surface area contributed by atoms with E-state index in [9.17, 15) is 9.90 Å². The highest BCUT2D eigenvalue weighted by Gasteiger charge is 2.27. The fourth-order valence-corrected chi connectivity index (χ4v) is 1.38. The highest BCUT2D eigenvalue weighted by molar-refractivity contribution is 5.79. The van der Waals surface area contributed by atoms with Gasteiger partial charge in [0.25, 0.3) is 0 Å². The largest absolute Gasteiger partial charge is 0.394 e. The van der Waals surface area contributed by atoms with Gasteiger partial charge in [0.2, 0.25) is 5.91 Å². The molecule has 0 aliphatic carbocycles. The van der Waals surface area contributed by atoms with Gasteiger partial charge in [0.1, 0.15) is 0 Å². The number of carbonyl (C=O) groups excluding carboxylic acids is 1. The Hall–Kier alpha value is -0.610. The van der Waals surface area contributed by atoms with E-state index in [1.54, 1.807) is 0 Å². The van der Waals surface area contributed by atoms with Crippen molar-refractivity contribution in [3.05, 3.63) is 0 Å². The smallest absolute Gasteiger partial charge is 0.234 e. The summed E-state index contributed by atoms with van der Waals surface area (Å²) in [5, 5.41) is 15.3. The maximum Gasteiger partial charge on any atom is 0.234 e. The number of rotatable bonds is 6. The van der Waals surface area contributed by atoms with Crippen molar-refractivity contribution in [2.24, 2.45) is 0 Å². The van der Waals surface area contributed by atoms with Crippen molar-refractivity contribution in [1.82, 2.24) is 10.6 Å². The highest BCUT2D eigenvalue weighted by atomic mass is 16.3. The monoisotopic (exact) mass is 230 g/mol. The van der Waals surface area contributed by atoms with Crippen molar-refractivity contribution in [1.29, 1.82) is 0 Å². The number of carbonyl (C=O) groups is 1. The second kappa shape index (κ2) is 6.21. The molecule has 4 heteroatoms. The van der Waals surface area contributed by atoms with Gasteiger partial charge in [0, 0.05) is 5.54 Å². The number of aliphatic hydroxyl groups excluding tert-OH is 1. The molecular formula is C12H26N2O2. The van der Waals surface area contributed by atoms with Gasteiger partial charge in [-0.3, -0.25) is 4.79 Å². The van der Waals surface area contributed by atoms with Gasteiger partial charge in [-0.2, -0.15) is 0 Å². The van der Waals surface area contributed by atoms with Gasteiger partial charge in [-0.25, -0.2) is 0 Å². The Kier molecular flexibility index (Phi) is 5.97. The molecule has 0 unspecified atom stereocenters. The van der Waals surface area contributed by atoms with Gasteiger partial charge < -0.3 is 15.7 Å². The molecule has 4 nitrogen and oxygen atoms in total. The van der Waals surface area contributed by atoms with Crippen LogP contribution >= 0.6 is 0 Å². The fourth-order valence-electron chi connectivity index (χ4n) is 1.38. The Morgan fingerprint density at radius 3 is 2.00 bits per heavy atom. The van der Waals surface area contributed by atoms with Gasteiger partial charge in [-0.1, -0.05) is 13.8 Å². The van der Waals surface area contributed by atoms with E-state index >= 15 is 0 Å². The zero-order valence-corrected chi connectivity index (χ0v) is 11.2. The molecule has 0 aromatic carbocycles. The zero-order chi connectivity index (χ0) is 12.8. The SMILES string of the molecule is CCC(CC)(CO)NC(=O)CNC(C)(C)C. The van der Waals surface area contributed by atoms with E-state index in [-0.39, 0.29) is 24.6 Å². The van der Waals surface area contributed by atoms with Gasteiger partial charge >= 0.3 is 0 Å². The van der Waals surface area contributed by atoms with Crippen molar-refractivity contribution < 1.29 is 9.90 Å². The summed E-state index contributed by atoms with van der Waals surface area (Å²) in [6.45, 7) is 10.2. The summed E-state index contributed by atoms with van der Waals surface area (Å²) in [4.78, 5) is 11.7. The number of hydrogen-bond acceptors (Lipinski definition) is 3. The van der Waals surface area contributed by atoms with E-state index in [4.69, 9.17) is 0 Å². The van der Waals surface area contributed by atoms with Crippen molar-refractivity contribution in [2.45, 2.75) is 58.5 Å². The first-order valence-electron chi connectivity index (χ1n) is 5.95. The van der Waals surface area contributed by atoms with Gasteiger partial charge in [0.15, 0.2) is 0 Å². The normalized spacial score (nSPS) is 12.6. The molecule has 0 radical (unpaired) electrons. The van der Waals surface area contributed by atoms with Crippen LogP contribution in [0.25, 0.3) is 0 Å². The minimum absolute atomic E-state index is 0.0126. The highest BCUT2D eigenvalue weighted by Crippen LogP contribution is 2.13.